The average molecular weight is 282 g/mol. The van der Waals surface area contributed by atoms with E-state index >= 15 is 0 Å². The summed E-state index contributed by atoms with van der Waals surface area (Å²) >= 11 is 0. The summed E-state index contributed by atoms with van der Waals surface area (Å²) in [5.74, 6) is 0.524. The lowest BCUT2D eigenvalue weighted by Crippen LogP contribution is -2.26. The van der Waals surface area contributed by atoms with Gasteiger partial charge in [-0.2, -0.15) is 0 Å². The Morgan fingerprint density at radius 3 is 2.14 bits per heavy atom. The maximum Gasteiger partial charge on any atom is 0.253 e. The molecule has 2 rings (SSSR count). The van der Waals surface area contributed by atoms with E-state index in [2.05, 4.69) is 38.1 Å². The molecule has 0 saturated heterocycles. The molecule has 110 valence electrons. The molecule has 2 aromatic carbocycles. The van der Waals surface area contributed by atoms with Crippen molar-refractivity contribution in [2.75, 3.05) is 12.8 Å². The van der Waals surface area contributed by atoms with Gasteiger partial charge in [0.2, 0.25) is 0 Å². The Kier molecular flexibility index (Phi) is 4.63. The second-order valence-corrected chi connectivity index (χ2v) is 5.68. The van der Waals surface area contributed by atoms with E-state index in [0.717, 1.165) is 5.56 Å². The second-order valence-electron chi connectivity index (χ2n) is 5.68. The van der Waals surface area contributed by atoms with Crippen LogP contribution in [0, 0.1) is 0 Å². The predicted molar refractivity (Wildman–Crippen MR) is 87.2 cm³/mol. The van der Waals surface area contributed by atoms with E-state index in [0.29, 0.717) is 23.7 Å². The monoisotopic (exact) mass is 282 g/mol. The maximum atomic E-state index is 12.3. The number of hydrogen-bond acceptors (Lipinski definition) is 2. The fourth-order valence-electron chi connectivity index (χ4n) is 2.20. The van der Waals surface area contributed by atoms with Crippen LogP contribution in [0.3, 0.4) is 0 Å². The molecule has 2 aromatic rings. The third-order valence-electron chi connectivity index (χ3n) is 3.57. The number of nitrogens with two attached hydrogens (primary N) is 1. The number of anilines is 1. The van der Waals surface area contributed by atoms with Crippen LogP contribution in [0.15, 0.2) is 48.5 Å². The minimum Gasteiger partial charge on any atom is -0.399 e. The first-order chi connectivity index (χ1) is 9.97. The fourth-order valence-corrected chi connectivity index (χ4v) is 2.20. The molecule has 0 saturated carbocycles. The normalized spacial score (nSPS) is 10.7. The van der Waals surface area contributed by atoms with Gasteiger partial charge >= 0.3 is 0 Å². The highest BCUT2D eigenvalue weighted by Gasteiger charge is 2.11. The Labute approximate surface area is 126 Å². The number of rotatable bonds is 4. The molecule has 0 spiro atoms. The highest BCUT2D eigenvalue weighted by atomic mass is 16.2. The Hall–Kier alpha value is -2.29. The fraction of sp³-hybridized carbons (Fsp3) is 0.278. The standard InChI is InChI=1S/C18H22N2O/c1-13(2)15-6-4-14(5-7-15)12-20(3)18(21)16-8-10-17(19)11-9-16/h4-11,13H,12,19H2,1-3H3. The summed E-state index contributed by atoms with van der Waals surface area (Å²) < 4.78 is 0. The van der Waals surface area contributed by atoms with Gasteiger partial charge in [0.25, 0.3) is 5.91 Å². The molecule has 0 aliphatic heterocycles. The zero-order chi connectivity index (χ0) is 15.4. The van der Waals surface area contributed by atoms with Crippen molar-refractivity contribution >= 4 is 11.6 Å². The number of amides is 1. The third kappa shape index (κ3) is 3.85. The van der Waals surface area contributed by atoms with E-state index in [1.54, 1.807) is 29.2 Å². The van der Waals surface area contributed by atoms with Crippen LogP contribution in [0.5, 0.6) is 0 Å². The molecule has 2 N–H and O–H groups in total. The Bertz CT molecular complexity index is 600. The first kappa shape index (κ1) is 15.1. The first-order valence-electron chi connectivity index (χ1n) is 7.17. The number of nitrogen functional groups attached to an aromatic ring is 1. The van der Waals surface area contributed by atoms with E-state index in [4.69, 9.17) is 5.73 Å². The van der Waals surface area contributed by atoms with Gasteiger partial charge in [0, 0.05) is 24.8 Å². The molecule has 0 radical (unpaired) electrons. The lowest BCUT2D eigenvalue weighted by molar-refractivity contribution is 0.0785. The molecule has 0 bridgehead atoms. The molecule has 0 aliphatic carbocycles. The third-order valence-corrected chi connectivity index (χ3v) is 3.57. The number of carbonyl (C=O) groups excluding carboxylic acids is 1. The molecule has 0 aliphatic rings. The summed E-state index contributed by atoms with van der Waals surface area (Å²) in [5, 5.41) is 0. The van der Waals surface area contributed by atoms with Gasteiger partial charge in [-0.25, -0.2) is 0 Å². The van der Waals surface area contributed by atoms with E-state index in [9.17, 15) is 4.79 Å². The molecular formula is C18H22N2O. The van der Waals surface area contributed by atoms with Crippen molar-refractivity contribution in [3.63, 3.8) is 0 Å². The number of hydrogen-bond donors (Lipinski definition) is 1. The largest absolute Gasteiger partial charge is 0.399 e. The van der Waals surface area contributed by atoms with Crippen molar-refractivity contribution < 1.29 is 4.79 Å². The topological polar surface area (TPSA) is 46.3 Å². The minimum absolute atomic E-state index is 0.00272. The highest BCUT2D eigenvalue weighted by molar-refractivity contribution is 5.94. The lowest BCUT2D eigenvalue weighted by Gasteiger charge is -2.18. The van der Waals surface area contributed by atoms with E-state index in [-0.39, 0.29) is 5.91 Å². The van der Waals surface area contributed by atoms with Crippen molar-refractivity contribution in [1.29, 1.82) is 0 Å². The molecule has 0 atom stereocenters. The van der Waals surface area contributed by atoms with Crippen LogP contribution >= 0.6 is 0 Å². The van der Waals surface area contributed by atoms with Gasteiger partial charge in [-0.15, -0.1) is 0 Å². The minimum atomic E-state index is 0.00272. The quantitative estimate of drug-likeness (QED) is 0.870. The zero-order valence-corrected chi connectivity index (χ0v) is 12.8. The molecule has 0 fully saturated rings. The van der Waals surface area contributed by atoms with Crippen molar-refractivity contribution in [3.05, 3.63) is 65.2 Å². The lowest BCUT2D eigenvalue weighted by atomic mass is 10.0. The van der Waals surface area contributed by atoms with Crippen LogP contribution in [0.25, 0.3) is 0 Å². The molecule has 3 heteroatoms. The average Bonchev–Trinajstić information content (AvgIpc) is 2.47. The SMILES string of the molecule is CC(C)c1ccc(CN(C)C(=O)c2ccc(N)cc2)cc1. The smallest absolute Gasteiger partial charge is 0.253 e. The summed E-state index contributed by atoms with van der Waals surface area (Å²) in [6.07, 6.45) is 0. The van der Waals surface area contributed by atoms with E-state index in [1.807, 2.05) is 7.05 Å². The molecule has 1 amide bonds. The molecule has 3 nitrogen and oxygen atoms in total. The Morgan fingerprint density at radius 2 is 1.62 bits per heavy atom. The summed E-state index contributed by atoms with van der Waals surface area (Å²) in [6.45, 7) is 4.94. The van der Waals surface area contributed by atoms with Crippen molar-refractivity contribution in [2.24, 2.45) is 0 Å². The van der Waals surface area contributed by atoms with Crippen LogP contribution in [-0.2, 0) is 6.54 Å². The van der Waals surface area contributed by atoms with Crippen LogP contribution in [0.4, 0.5) is 5.69 Å². The van der Waals surface area contributed by atoms with Crippen LogP contribution in [0.2, 0.25) is 0 Å². The van der Waals surface area contributed by atoms with Gasteiger partial charge in [0.15, 0.2) is 0 Å². The van der Waals surface area contributed by atoms with Gasteiger partial charge in [-0.1, -0.05) is 38.1 Å². The van der Waals surface area contributed by atoms with Crippen molar-refractivity contribution in [3.8, 4) is 0 Å². The van der Waals surface area contributed by atoms with Crippen LogP contribution < -0.4 is 5.73 Å². The number of carbonyl (C=O) groups is 1. The number of benzene rings is 2. The van der Waals surface area contributed by atoms with Crippen LogP contribution in [0.1, 0.15) is 41.3 Å². The van der Waals surface area contributed by atoms with E-state index < -0.39 is 0 Å². The summed E-state index contributed by atoms with van der Waals surface area (Å²) in [6, 6.07) is 15.4. The van der Waals surface area contributed by atoms with Gasteiger partial charge in [-0.05, 0) is 41.3 Å². The predicted octanol–water partition coefficient (Wildman–Crippen LogP) is 3.66. The Morgan fingerprint density at radius 1 is 1.05 bits per heavy atom. The Balaban J connectivity index is 2.05. The first-order valence-corrected chi connectivity index (χ1v) is 7.17. The van der Waals surface area contributed by atoms with Gasteiger partial charge in [0.05, 0.1) is 0 Å². The van der Waals surface area contributed by atoms with Gasteiger partial charge in [0.1, 0.15) is 0 Å². The van der Waals surface area contributed by atoms with Crippen molar-refractivity contribution in [1.82, 2.24) is 4.90 Å². The summed E-state index contributed by atoms with van der Waals surface area (Å²) in [4.78, 5) is 14.0. The molecule has 0 aromatic heterocycles. The maximum absolute atomic E-state index is 12.3. The van der Waals surface area contributed by atoms with E-state index in [1.165, 1.54) is 5.56 Å². The molecular weight excluding hydrogens is 260 g/mol. The van der Waals surface area contributed by atoms with Gasteiger partial charge < -0.3 is 10.6 Å². The number of nitrogens with zero attached hydrogens (tertiary/aromatic N) is 1. The summed E-state index contributed by atoms with van der Waals surface area (Å²) in [5.41, 5.74) is 9.40. The highest BCUT2D eigenvalue weighted by Crippen LogP contribution is 2.16. The zero-order valence-electron chi connectivity index (χ0n) is 12.8. The van der Waals surface area contributed by atoms with Crippen molar-refractivity contribution in [2.45, 2.75) is 26.3 Å². The summed E-state index contributed by atoms with van der Waals surface area (Å²) in [7, 11) is 1.81. The van der Waals surface area contributed by atoms with Crippen LogP contribution in [-0.4, -0.2) is 17.9 Å². The second kappa shape index (κ2) is 6.44. The van der Waals surface area contributed by atoms with Gasteiger partial charge in [-0.3, -0.25) is 4.79 Å². The molecule has 0 heterocycles. The molecule has 21 heavy (non-hydrogen) atoms. The molecule has 0 unspecified atom stereocenters.